The number of piperidine rings is 1. The molecule has 2 aromatic rings. The molecule has 0 spiro atoms. The predicted octanol–water partition coefficient (Wildman–Crippen LogP) is 4.78. The van der Waals surface area contributed by atoms with Crippen LogP contribution in [0, 0.1) is 17.6 Å². The Morgan fingerprint density at radius 2 is 1.81 bits per heavy atom. The molecule has 1 heterocycles. The van der Waals surface area contributed by atoms with E-state index >= 15 is 0 Å². The Morgan fingerprint density at radius 3 is 2.44 bits per heavy atom. The summed E-state index contributed by atoms with van der Waals surface area (Å²) in [5, 5.41) is 0. The van der Waals surface area contributed by atoms with Gasteiger partial charge in [-0.2, -0.15) is 0 Å². The van der Waals surface area contributed by atoms with E-state index in [0.29, 0.717) is 37.2 Å². The van der Waals surface area contributed by atoms with Crippen LogP contribution in [0.1, 0.15) is 31.7 Å². The molecule has 0 N–H and O–H groups in total. The summed E-state index contributed by atoms with van der Waals surface area (Å²) in [4.78, 5) is 29.7. The van der Waals surface area contributed by atoms with Gasteiger partial charge < -0.3 is 9.80 Å². The third kappa shape index (κ3) is 6.31. The van der Waals surface area contributed by atoms with Crippen molar-refractivity contribution in [1.29, 1.82) is 0 Å². The van der Waals surface area contributed by atoms with Crippen LogP contribution in [0.2, 0.25) is 0 Å². The van der Waals surface area contributed by atoms with Crippen LogP contribution in [0.25, 0.3) is 0 Å². The molecule has 1 fully saturated rings. The molecule has 1 atom stereocenters. The van der Waals surface area contributed by atoms with Crippen LogP contribution < -0.4 is 0 Å². The maximum atomic E-state index is 14.3. The predicted molar refractivity (Wildman–Crippen MR) is 123 cm³/mol. The molecule has 0 aromatic heterocycles. The normalized spacial score (nSPS) is 15.4. The summed E-state index contributed by atoms with van der Waals surface area (Å²) in [6.45, 7) is 3.05. The number of thioether (sulfide) groups is 1. The molecule has 7 heteroatoms. The average Bonchev–Trinajstić information content (AvgIpc) is 2.82. The Balaban J connectivity index is 1.62. The molecule has 32 heavy (non-hydrogen) atoms. The molecule has 1 aliphatic rings. The number of benzene rings is 2. The SMILES string of the molecule is CCC(=O)N(C)C(Cc1ccc(F)cc1F)C1CCN(C(=O)CSc2ccccc2)CC1. The zero-order chi connectivity index (χ0) is 23.1. The van der Waals surface area contributed by atoms with Gasteiger partial charge in [0.15, 0.2) is 0 Å². The van der Waals surface area contributed by atoms with E-state index in [4.69, 9.17) is 0 Å². The summed E-state index contributed by atoms with van der Waals surface area (Å²) in [6.07, 6.45) is 2.19. The number of likely N-dealkylation sites (tertiary alicyclic amines) is 1. The summed E-state index contributed by atoms with van der Waals surface area (Å²) in [5.74, 6) is -0.552. The molecule has 2 aromatic carbocycles. The van der Waals surface area contributed by atoms with Gasteiger partial charge >= 0.3 is 0 Å². The van der Waals surface area contributed by atoms with Gasteiger partial charge in [0.25, 0.3) is 0 Å². The van der Waals surface area contributed by atoms with E-state index in [-0.39, 0.29) is 23.8 Å². The molecule has 1 unspecified atom stereocenters. The van der Waals surface area contributed by atoms with Gasteiger partial charge in [-0.1, -0.05) is 31.2 Å². The second kappa shape index (κ2) is 11.5. The fourth-order valence-electron chi connectivity index (χ4n) is 4.25. The van der Waals surface area contributed by atoms with E-state index < -0.39 is 11.6 Å². The number of carbonyl (C=O) groups is 2. The summed E-state index contributed by atoms with van der Waals surface area (Å²) in [7, 11) is 1.76. The number of carbonyl (C=O) groups excluding carboxylic acids is 2. The highest BCUT2D eigenvalue weighted by molar-refractivity contribution is 8.00. The summed E-state index contributed by atoms with van der Waals surface area (Å²) in [5.41, 5.74) is 0.407. The van der Waals surface area contributed by atoms with Gasteiger partial charge in [-0.3, -0.25) is 9.59 Å². The van der Waals surface area contributed by atoms with E-state index in [9.17, 15) is 18.4 Å². The number of amides is 2. The topological polar surface area (TPSA) is 40.6 Å². The van der Waals surface area contributed by atoms with Gasteiger partial charge in [-0.05, 0) is 48.9 Å². The third-order valence-corrected chi connectivity index (χ3v) is 7.18. The molecule has 4 nitrogen and oxygen atoms in total. The Morgan fingerprint density at radius 1 is 1.12 bits per heavy atom. The quantitative estimate of drug-likeness (QED) is 0.533. The minimum Gasteiger partial charge on any atom is -0.342 e. The van der Waals surface area contributed by atoms with Crippen LogP contribution in [-0.2, 0) is 16.0 Å². The number of nitrogens with zero attached hydrogens (tertiary/aromatic N) is 2. The van der Waals surface area contributed by atoms with Crippen LogP contribution in [0.5, 0.6) is 0 Å². The Kier molecular flexibility index (Phi) is 8.67. The lowest BCUT2D eigenvalue weighted by atomic mass is 9.84. The van der Waals surface area contributed by atoms with Crippen molar-refractivity contribution in [2.45, 2.75) is 43.5 Å². The lowest BCUT2D eigenvalue weighted by Gasteiger charge is -2.40. The zero-order valence-electron chi connectivity index (χ0n) is 18.6. The van der Waals surface area contributed by atoms with Crippen molar-refractivity contribution in [1.82, 2.24) is 9.80 Å². The summed E-state index contributed by atoms with van der Waals surface area (Å²) in [6, 6.07) is 13.2. The Labute approximate surface area is 193 Å². The van der Waals surface area contributed by atoms with E-state index in [0.717, 1.165) is 23.8 Å². The van der Waals surface area contributed by atoms with Crippen LogP contribution in [0.3, 0.4) is 0 Å². The van der Waals surface area contributed by atoms with Crippen LogP contribution >= 0.6 is 11.8 Å². The lowest BCUT2D eigenvalue weighted by molar-refractivity contribution is -0.135. The van der Waals surface area contributed by atoms with E-state index in [1.807, 2.05) is 35.2 Å². The van der Waals surface area contributed by atoms with Gasteiger partial charge in [0.2, 0.25) is 11.8 Å². The fraction of sp³-hybridized carbons (Fsp3) is 0.440. The highest BCUT2D eigenvalue weighted by Crippen LogP contribution is 2.28. The van der Waals surface area contributed by atoms with E-state index in [2.05, 4.69) is 0 Å². The number of hydrogen-bond acceptors (Lipinski definition) is 3. The average molecular weight is 461 g/mol. The first-order valence-corrected chi connectivity index (χ1v) is 12.0. The molecular formula is C25H30F2N2O2S. The van der Waals surface area contributed by atoms with Crippen molar-refractivity contribution in [3.8, 4) is 0 Å². The summed E-state index contributed by atoms with van der Waals surface area (Å²) < 4.78 is 27.6. The first-order chi connectivity index (χ1) is 15.4. The fourth-order valence-corrected chi connectivity index (χ4v) is 5.08. The minimum atomic E-state index is -0.610. The van der Waals surface area contributed by atoms with Gasteiger partial charge in [-0.25, -0.2) is 8.78 Å². The number of hydrogen-bond donors (Lipinski definition) is 0. The number of rotatable bonds is 8. The lowest BCUT2D eigenvalue weighted by Crippen LogP contribution is -2.48. The first-order valence-electron chi connectivity index (χ1n) is 11.0. The highest BCUT2D eigenvalue weighted by atomic mass is 32.2. The molecule has 2 amide bonds. The van der Waals surface area contributed by atoms with Crippen LogP contribution in [-0.4, -0.2) is 53.5 Å². The molecule has 3 rings (SSSR count). The van der Waals surface area contributed by atoms with E-state index in [1.165, 1.54) is 23.9 Å². The molecule has 172 valence electrons. The van der Waals surface area contributed by atoms with E-state index in [1.54, 1.807) is 18.9 Å². The number of likely N-dealkylation sites (N-methyl/N-ethyl adjacent to an activating group) is 1. The Hall–Kier alpha value is -2.41. The molecule has 1 aliphatic heterocycles. The van der Waals surface area contributed by atoms with Crippen molar-refractivity contribution in [3.63, 3.8) is 0 Å². The molecule has 1 saturated heterocycles. The maximum absolute atomic E-state index is 14.3. The van der Waals surface area contributed by atoms with Crippen LogP contribution in [0.4, 0.5) is 8.78 Å². The highest BCUT2D eigenvalue weighted by Gasteiger charge is 2.32. The molecule has 0 saturated carbocycles. The molecule has 0 bridgehead atoms. The van der Waals surface area contributed by atoms with Crippen molar-refractivity contribution >= 4 is 23.6 Å². The minimum absolute atomic E-state index is 0.00436. The Bertz CT molecular complexity index is 917. The zero-order valence-corrected chi connectivity index (χ0v) is 19.4. The van der Waals surface area contributed by atoms with Crippen molar-refractivity contribution in [3.05, 3.63) is 65.7 Å². The van der Waals surface area contributed by atoms with Gasteiger partial charge in [0.1, 0.15) is 11.6 Å². The standard InChI is InChI=1S/C25H30F2N2O2S/c1-3-24(30)28(2)23(15-19-9-10-20(26)16-22(19)27)18-11-13-29(14-12-18)25(31)17-32-21-7-5-4-6-8-21/h4-10,16,18,23H,3,11-15,17H2,1-2H3. The monoisotopic (exact) mass is 460 g/mol. The molecule has 0 aliphatic carbocycles. The van der Waals surface area contributed by atoms with Gasteiger partial charge in [0.05, 0.1) is 5.75 Å². The largest absolute Gasteiger partial charge is 0.342 e. The first kappa shape index (κ1) is 24.2. The van der Waals surface area contributed by atoms with Gasteiger partial charge in [0, 0.05) is 43.6 Å². The third-order valence-electron chi connectivity index (χ3n) is 6.18. The second-order valence-corrected chi connectivity index (χ2v) is 9.23. The molecular weight excluding hydrogens is 430 g/mol. The van der Waals surface area contributed by atoms with Crippen LogP contribution in [0.15, 0.2) is 53.4 Å². The summed E-state index contributed by atoms with van der Waals surface area (Å²) >= 11 is 1.53. The van der Waals surface area contributed by atoms with Crippen molar-refractivity contribution in [2.75, 3.05) is 25.9 Å². The van der Waals surface area contributed by atoms with Crippen molar-refractivity contribution < 1.29 is 18.4 Å². The smallest absolute Gasteiger partial charge is 0.232 e. The molecule has 0 radical (unpaired) electrons. The maximum Gasteiger partial charge on any atom is 0.232 e. The van der Waals surface area contributed by atoms with Crippen molar-refractivity contribution in [2.24, 2.45) is 5.92 Å². The number of halogens is 2. The van der Waals surface area contributed by atoms with Gasteiger partial charge in [-0.15, -0.1) is 11.8 Å². The second-order valence-electron chi connectivity index (χ2n) is 8.19.